The van der Waals surface area contributed by atoms with Gasteiger partial charge in [-0.15, -0.1) is 0 Å². The van der Waals surface area contributed by atoms with E-state index in [-0.39, 0.29) is 17.8 Å². The van der Waals surface area contributed by atoms with E-state index in [1.807, 2.05) is 36.6 Å². The van der Waals surface area contributed by atoms with E-state index in [1.54, 1.807) is 7.05 Å². The summed E-state index contributed by atoms with van der Waals surface area (Å²) in [5.74, 6) is 0.719. The highest BCUT2D eigenvalue weighted by molar-refractivity contribution is 5.77. The van der Waals surface area contributed by atoms with Crippen molar-refractivity contribution in [2.45, 2.75) is 47.2 Å². The van der Waals surface area contributed by atoms with E-state index >= 15 is 0 Å². The van der Waals surface area contributed by atoms with Crippen molar-refractivity contribution in [3.05, 3.63) is 85.1 Å². The molecular weight excluding hydrogens is 414 g/mol. The number of rotatable bonds is 3. The van der Waals surface area contributed by atoms with Crippen molar-refractivity contribution in [3.63, 3.8) is 0 Å². The van der Waals surface area contributed by atoms with Crippen molar-refractivity contribution in [1.29, 1.82) is 0 Å². The van der Waals surface area contributed by atoms with Gasteiger partial charge in [-0.25, -0.2) is 4.79 Å². The molecule has 0 N–H and O–H groups in total. The lowest BCUT2D eigenvalue weighted by molar-refractivity contribution is 0.597. The molecule has 2 aromatic carbocycles. The van der Waals surface area contributed by atoms with Crippen molar-refractivity contribution >= 4 is 22.8 Å². The van der Waals surface area contributed by atoms with Gasteiger partial charge in [0, 0.05) is 25.8 Å². The largest absolute Gasteiger partial charge is 0.332 e. The zero-order valence-electron chi connectivity index (χ0n) is 19.8. The van der Waals surface area contributed by atoms with Crippen LogP contribution in [-0.2, 0) is 20.1 Å². The van der Waals surface area contributed by atoms with E-state index in [2.05, 4.69) is 36.9 Å². The van der Waals surface area contributed by atoms with Gasteiger partial charge in [-0.1, -0.05) is 29.8 Å². The zero-order chi connectivity index (χ0) is 23.4. The molecule has 0 saturated heterocycles. The van der Waals surface area contributed by atoms with Gasteiger partial charge in [0.1, 0.15) is 0 Å². The second-order valence-electron chi connectivity index (χ2n) is 9.17. The predicted molar refractivity (Wildman–Crippen MR) is 132 cm³/mol. The van der Waals surface area contributed by atoms with E-state index < -0.39 is 0 Å². The highest BCUT2D eigenvalue weighted by Crippen LogP contribution is 2.32. The van der Waals surface area contributed by atoms with Gasteiger partial charge < -0.3 is 9.47 Å². The van der Waals surface area contributed by atoms with E-state index in [0.29, 0.717) is 17.7 Å². The Labute approximate surface area is 192 Å². The van der Waals surface area contributed by atoms with Crippen LogP contribution in [0, 0.1) is 27.7 Å². The Balaban J connectivity index is 1.70. The van der Waals surface area contributed by atoms with Gasteiger partial charge in [0.05, 0.1) is 6.54 Å². The maximum Gasteiger partial charge on any atom is 0.332 e. The number of imidazole rings is 1. The summed E-state index contributed by atoms with van der Waals surface area (Å²) in [5, 5.41) is 0. The molecular formula is C26H29N5O2. The van der Waals surface area contributed by atoms with Gasteiger partial charge in [-0.05, 0) is 68.5 Å². The summed E-state index contributed by atoms with van der Waals surface area (Å²) in [7, 11) is 1.70. The summed E-state index contributed by atoms with van der Waals surface area (Å²) < 4.78 is 4.83. The van der Waals surface area contributed by atoms with Gasteiger partial charge in [0.25, 0.3) is 5.56 Å². The van der Waals surface area contributed by atoms with Crippen molar-refractivity contribution in [2.24, 2.45) is 7.05 Å². The van der Waals surface area contributed by atoms with E-state index in [4.69, 9.17) is 4.98 Å². The first-order chi connectivity index (χ1) is 15.8. The summed E-state index contributed by atoms with van der Waals surface area (Å²) in [5.41, 5.74) is 6.94. The number of hydrogen-bond acceptors (Lipinski definition) is 4. The minimum Gasteiger partial charge on any atom is -0.312 e. The number of nitrogens with zero attached hydrogens (tertiary/aromatic N) is 5. The lowest BCUT2D eigenvalue weighted by Gasteiger charge is -2.29. The monoisotopic (exact) mass is 443 g/mol. The molecule has 0 bridgehead atoms. The van der Waals surface area contributed by atoms with Crippen LogP contribution in [0.5, 0.6) is 0 Å². The van der Waals surface area contributed by atoms with Crippen LogP contribution in [0.25, 0.3) is 11.2 Å². The fourth-order valence-corrected chi connectivity index (χ4v) is 4.68. The molecule has 0 amide bonds. The number of benzene rings is 2. The Morgan fingerprint density at radius 1 is 0.909 bits per heavy atom. The predicted octanol–water partition coefficient (Wildman–Crippen LogP) is 3.72. The third-order valence-corrected chi connectivity index (χ3v) is 6.85. The van der Waals surface area contributed by atoms with Crippen LogP contribution in [-0.4, -0.2) is 25.2 Å². The first-order valence-corrected chi connectivity index (χ1v) is 11.4. The smallest absolute Gasteiger partial charge is 0.312 e. The lowest BCUT2D eigenvalue weighted by atomic mass is 10.1. The molecule has 33 heavy (non-hydrogen) atoms. The second kappa shape index (κ2) is 7.76. The molecule has 3 heterocycles. The zero-order valence-corrected chi connectivity index (χ0v) is 19.8. The molecule has 2 aromatic heterocycles. The first kappa shape index (κ1) is 21.2. The lowest BCUT2D eigenvalue weighted by Crippen LogP contribution is -2.40. The van der Waals surface area contributed by atoms with Gasteiger partial charge in [-0.3, -0.25) is 13.9 Å². The number of hydrogen-bond donors (Lipinski definition) is 0. The number of fused-ring (bicyclic) bond motifs is 3. The molecule has 7 heteroatoms. The normalized spacial score (nSPS) is 13.5. The van der Waals surface area contributed by atoms with Crippen LogP contribution in [0.15, 0.2) is 46.0 Å². The Bertz CT molecular complexity index is 1520. The van der Waals surface area contributed by atoms with E-state index in [0.717, 1.165) is 41.3 Å². The fraction of sp³-hybridized carbons (Fsp3) is 0.346. The summed E-state index contributed by atoms with van der Waals surface area (Å²) in [6, 6.07) is 12.5. The first-order valence-electron chi connectivity index (χ1n) is 11.4. The standard InChI is InChI=1S/C26H29N5O2/c1-16-7-8-18(3)20(13-16)15-31-24(32)22-23(28(5)26(31)33)27-25-29(11-6-12-30(22)25)21-10-9-17(2)19(4)14-21/h7-10,13-14H,6,11-12,15H2,1-5H3. The topological polar surface area (TPSA) is 65.1 Å². The molecule has 170 valence electrons. The Morgan fingerprint density at radius 3 is 2.42 bits per heavy atom. The molecule has 1 aliphatic heterocycles. The molecule has 0 atom stereocenters. The molecule has 0 spiro atoms. The van der Waals surface area contributed by atoms with Gasteiger partial charge in [0.15, 0.2) is 11.2 Å². The van der Waals surface area contributed by atoms with Crippen molar-refractivity contribution in [3.8, 4) is 0 Å². The quantitative estimate of drug-likeness (QED) is 0.484. The molecule has 4 aromatic rings. The highest BCUT2D eigenvalue weighted by atomic mass is 16.2. The van der Waals surface area contributed by atoms with Gasteiger partial charge in [0.2, 0.25) is 5.95 Å². The molecule has 7 nitrogen and oxygen atoms in total. The summed E-state index contributed by atoms with van der Waals surface area (Å²) in [6.45, 7) is 9.98. The average Bonchev–Trinajstić information content (AvgIpc) is 3.19. The third kappa shape index (κ3) is 3.39. The van der Waals surface area contributed by atoms with E-state index in [1.165, 1.54) is 20.3 Å². The number of anilines is 2. The van der Waals surface area contributed by atoms with Gasteiger partial charge in [-0.2, -0.15) is 4.98 Å². The minimum absolute atomic E-state index is 0.246. The molecule has 5 rings (SSSR count). The number of aryl methyl sites for hydroxylation is 6. The highest BCUT2D eigenvalue weighted by Gasteiger charge is 2.27. The third-order valence-electron chi connectivity index (χ3n) is 6.85. The molecule has 1 aliphatic rings. The molecule has 0 unspecified atom stereocenters. The van der Waals surface area contributed by atoms with Crippen LogP contribution in [0.1, 0.15) is 34.2 Å². The minimum atomic E-state index is -0.346. The SMILES string of the molecule is Cc1ccc(C)c(Cn2c(=O)c3c(nc4n3CCCN4c3ccc(C)c(C)c3)n(C)c2=O)c1. The van der Waals surface area contributed by atoms with Crippen molar-refractivity contribution < 1.29 is 0 Å². The summed E-state index contributed by atoms with van der Waals surface area (Å²) in [4.78, 5) is 33.8. The Kier molecular flexibility index (Phi) is 5.00. The van der Waals surface area contributed by atoms with Crippen LogP contribution < -0.4 is 16.1 Å². The van der Waals surface area contributed by atoms with Gasteiger partial charge >= 0.3 is 5.69 Å². The van der Waals surface area contributed by atoms with Crippen molar-refractivity contribution in [2.75, 3.05) is 11.4 Å². The molecule has 0 saturated carbocycles. The van der Waals surface area contributed by atoms with Crippen LogP contribution in [0.2, 0.25) is 0 Å². The van der Waals surface area contributed by atoms with Crippen molar-refractivity contribution in [1.82, 2.24) is 18.7 Å². The maximum absolute atomic E-state index is 13.6. The summed E-state index contributed by atoms with van der Waals surface area (Å²) in [6.07, 6.45) is 0.894. The Hall–Kier alpha value is -3.61. The number of aromatic nitrogens is 4. The Morgan fingerprint density at radius 2 is 1.67 bits per heavy atom. The fourth-order valence-electron chi connectivity index (χ4n) is 4.68. The molecule has 0 aliphatic carbocycles. The van der Waals surface area contributed by atoms with Crippen LogP contribution >= 0.6 is 0 Å². The summed E-state index contributed by atoms with van der Waals surface area (Å²) >= 11 is 0. The average molecular weight is 444 g/mol. The second-order valence-corrected chi connectivity index (χ2v) is 9.17. The van der Waals surface area contributed by atoms with E-state index in [9.17, 15) is 9.59 Å². The van der Waals surface area contributed by atoms with Crippen LogP contribution in [0.4, 0.5) is 11.6 Å². The molecule has 0 radical (unpaired) electrons. The molecule has 0 fully saturated rings. The maximum atomic E-state index is 13.6. The van der Waals surface area contributed by atoms with Crippen LogP contribution in [0.3, 0.4) is 0 Å².